The molecule has 104 valence electrons. The van der Waals surface area contributed by atoms with Gasteiger partial charge in [0.15, 0.2) is 0 Å². The maximum Gasteiger partial charge on any atom is 0.140 e. The topological polar surface area (TPSA) is 76.3 Å². The molecule has 0 radical (unpaired) electrons. The predicted octanol–water partition coefficient (Wildman–Crippen LogP) is 2.60. The van der Waals surface area contributed by atoms with Gasteiger partial charge in [0.1, 0.15) is 34.8 Å². The van der Waals surface area contributed by atoms with Crippen molar-refractivity contribution in [3.63, 3.8) is 0 Å². The molecule has 0 fully saturated rings. The molecule has 0 unspecified atom stereocenters. The summed E-state index contributed by atoms with van der Waals surface area (Å²) >= 11 is 0. The zero-order valence-corrected chi connectivity index (χ0v) is 11.2. The molecule has 2 N–H and O–H groups in total. The number of nitrogen functional groups attached to an aromatic ring is 1. The molecule has 0 spiro atoms. The molecule has 0 aliphatic carbocycles. The summed E-state index contributed by atoms with van der Waals surface area (Å²) < 4.78 is 19.9. The highest BCUT2D eigenvalue weighted by atomic mass is 19.1. The number of nitrogens with two attached hydrogens (primary N) is 1. The smallest absolute Gasteiger partial charge is 0.140 e. The number of methoxy groups -OCH3 is 1. The molecule has 2 aromatic heterocycles. The highest BCUT2D eigenvalue weighted by molar-refractivity contribution is 5.76. The van der Waals surface area contributed by atoms with Crippen LogP contribution in [0.25, 0.3) is 16.9 Å². The number of nitriles is 1. The van der Waals surface area contributed by atoms with E-state index >= 15 is 0 Å². The number of rotatable bonds is 2. The Labute approximate surface area is 120 Å². The van der Waals surface area contributed by atoms with Crippen molar-refractivity contribution >= 4 is 11.5 Å². The van der Waals surface area contributed by atoms with Crippen LogP contribution >= 0.6 is 0 Å². The molecule has 3 aromatic rings. The van der Waals surface area contributed by atoms with Gasteiger partial charge in [-0.2, -0.15) is 5.26 Å². The Hall–Kier alpha value is -3.07. The van der Waals surface area contributed by atoms with Crippen LogP contribution in [-0.2, 0) is 0 Å². The number of anilines is 1. The third-order valence-corrected chi connectivity index (χ3v) is 3.21. The first-order chi connectivity index (χ1) is 10.1. The molecule has 5 nitrogen and oxygen atoms in total. The Morgan fingerprint density at radius 2 is 2.14 bits per heavy atom. The standard InChI is InChI=1S/C15H11FN4O/c1-21-12-4-2-9(6-10(12)7-17)14-15(18)20-8-11(16)3-5-13(20)19-14/h2-6,8H,18H2,1H3. The third-order valence-electron chi connectivity index (χ3n) is 3.21. The lowest BCUT2D eigenvalue weighted by Crippen LogP contribution is -1.95. The van der Waals surface area contributed by atoms with Crippen LogP contribution in [0.4, 0.5) is 10.2 Å². The summed E-state index contributed by atoms with van der Waals surface area (Å²) in [6.45, 7) is 0. The van der Waals surface area contributed by atoms with Crippen LogP contribution < -0.4 is 10.5 Å². The number of hydrogen-bond acceptors (Lipinski definition) is 4. The van der Waals surface area contributed by atoms with Crippen LogP contribution in [-0.4, -0.2) is 16.5 Å². The molecule has 2 heterocycles. The summed E-state index contributed by atoms with van der Waals surface area (Å²) in [5, 5.41) is 9.13. The first-order valence-electron chi connectivity index (χ1n) is 6.15. The molecule has 0 aliphatic heterocycles. The van der Waals surface area contributed by atoms with Crippen molar-refractivity contribution < 1.29 is 9.13 Å². The predicted molar refractivity (Wildman–Crippen MR) is 76.3 cm³/mol. The number of hydrogen-bond donors (Lipinski definition) is 1. The number of imidazole rings is 1. The van der Waals surface area contributed by atoms with Gasteiger partial charge in [0.05, 0.1) is 12.7 Å². The van der Waals surface area contributed by atoms with Crippen LogP contribution in [0.2, 0.25) is 0 Å². The largest absolute Gasteiger partial charge is 0.495 e. The molecule has 0 saturated heterocycles. The lowest BCUT2D eigenvalue weighted by molar-refractivity contribution is 0.413. The van der Waals surface area contributed by atoms with Crippen molar-refractivity contribution in [3.05, 3.63) is 47.9 Å². The van der Waals surface area contributed by atoms with Gasteiger partial charge in [0.2, 0.25) is 0 Å². The van der Waals surface area contributed by atoms with Gasteiger partial charge < -0.3 is 10.5 Å². The van der Waals surface area contributed by atoms with E-state index in [0.29, 0.717) is 34.0 Å². The number of ether oxygens (including phenoxy) is 1. The maximum absolute atomic E-state index is 13.3. The number of pyridine rings is 1. The molecular formula is C15H11FN4O. The Balaban J connectivity index is 2.21. The van der Waals surface area contributed by atoms with Crippen LogP contribution in [0, 0.1) is 17.1 Å². The van der Waals surface area contributed by atoms with E-state index in [2.05, 4.69) is 11.1 Å². The molecule has 0 amide bonds. The Morgan fingerprint density at radius 3 is 2.86 bits per heavy atom. The number of aromatic nitrogens is 2. The van der Waals surface area contributed by atoms with Gasteiger partial charge in [-0.1, -0.05) is 0 Å². The molecule has 1 aromatic carbocycles. The van der Waals surface area contributed by atoms with Crippen LogP contribution in [0.15, 0.2) is 36.5 Å². The minimum atomic E-state index is -0.398. The van der Waals surface area contributed by atoms with Gasteiger partial charge in [-0.15, -0.1) is 0 Å². The van der Waals surface area contributed by atoms with Crippen molar-refractivity contribution in [2.24, 2.45) is 0 Å². The fourth-order valence-electron chi connectivity index (χ4n) is 2.19. The van der Waals surface area contributed by atoms with Crippen molar-refractivity contribution in [1.29, 1.82) is 5.26 Å². The average molecular weight is 282 g/mol. The van der Waals surface area contributed by atoms with E-state index in [1.165, 1.54) is 23.8 Å². The summed E-state index contributed by atoms with van der Waals surface area (Å²) in [6, 6.07) is 10.0. The molecule has 3 rings (SSSR count). The van der Waals surface area contributed by atoms with E-state index < -0.39 is 5.82 Å². The highest BCUT2D eigenvalue weighted by Crippen LogP contribution is 2.30. The first-order valence-corrected chi connectivity index (χ1v) is 6.15. The van der Waals surface area contributed by atoms with Crippen LogP contribution in [0.1, 0.15) is 5.56 Å². The highest BCUT2D eigenvalue weighted by Gasteiger charge is 2.14. The number of benzene rings is 1. The zero-order valence-electron chi connectivity index (χ0n) is 11.2. The quantitative estimate of drug-likeness (QED) is 0.783. The van der Waals surface area contributed by atoms with E-state index in [-0.39, 0.29) is 0 Å². The molecule has 0 saturated carbocycles. The van der Waals surface area contributed by atoms with Crippen LogP contribution in [0.3, 0.4) is 0 Å². The molecule has 0 bridgehead atoms. The van der Waals surface area contributed by atoms with Gasteiger partial charge in [-0.3, -0.25) is 4.40 Å². The summed E-state index contributed by atoms with van der Waals surface area (Å²) in [5.74, 6) is 0.402. The Bertz CT molecular complexity index is 879. The second-order valence-corrected chi connectivity index (χ2v) is 4.45. The average Bonchev–Trinajstić information content (AvgIpc) is 2.83. The van der Waals surface area contributed by atoms with E-state index in [0.717, 1.165) is 0 Å². The van der Waals surface area contributed by atoms with Crippen molar-refractivity contribution in [3.8, 4) is 23.1 Å². The normalized spacial score (nSPS) is 10.5. The van der Waals surface area contributed by atoms with Crippen molar-refractivity contribution in [2.75, 3.05) is 12.8 Å². The lowest BCUT2D eigenvalue weighted by atomic mass is 10.1. The maximum atomic E-state index is 13.3. The Kier molecular flexibility index (Phi) is 2.95. The van der Waals surface area contributed by atoms with Gasteiger partial charge in [0.25, 0.3) is 0 Å². The summed E-state index contributed by atoms with van der Waals surface area (Å²) in [4.78, 5) is 4.38. The first kappa shape index (κ1) is 12.9. The van der Waals surface area contributed by atoms with Gasteiger partial charge in [-0.05, 0) is 30.3 Å². The number of halogens is 1. The fraction of sp³-hybridized carbons (Fsp3) is 0.0667. The molecule has 0 aliphatic rings. The summed E-state index contributed by atoms with van der Waals surface area (Å²) in [7, 11) is 1.50. The SMILES string of the molecule is COc1ccc(-c2nc3ccc(F)cn3c2N)cc1C#N. The zero-order chi connectivity index (χ0) is 15.0. The molecule has 6 heteroatoms. The second kappa shape index (κ2) is 4.80. The number of nitrogens with zero attached hydrogens (tertiary/aromatic N) is 3. The summed E-state index contributed by atoms with van der Waals surface area (Å²) in [6.07, 6.45) is 1.27. The number of fused-ring (bicyclic) bond motifs is 1. The van der Waals surface area contributed by atoms with Gasteiger partial charge in [-0.25, -0.2) is 9.37 Å². The summed E-state index contributed by atoms with van der Waals surface area (Å²) in [5.41, 5.74) is 8.12. The van der Waals surface area contributed by atoms with E-state index in [1.807, 2.05) is 0 Å². The van der Waals surface area contributed by atoms with Crippen LogP contribution in [0.5, 0.6) is 5.75 Å². The van der Waals surface area contributed by atoms with E-state index in [9.17, 15) is 4.39 Å². The van der Waals surface area contributed by atoms with E-state index in [4.69, 9.17) is 15.7 Å². The van der Waals surface area contributed by atoms with Crippen molar-refractivity contribution in [1.82, 2.24) is 9.38 Å². The van der Waals surface area contributed by atoms with Gasteiger partial charge >= 0.3 is 0 Å². The third kappa shape index (κ3) is 2.05. The molecular weight excluding hydrogens is 271 g/mol. The second-order valence-electron chi connectivity index (χ2n) is 4.45. The van der Waals surface area contributed by atoms with Gasteiger partial charge in [0, 0.05) is 11.8 Å². The monoisotopic (exact) mass is 282 g/mol. The van der Waals surface area contributed by atoms with Crippen molar-refractivity contribution in [2.45, 2.75) is 0 Å². The minimum Gasteiger partial charge on any atom is -0.495 e. The Morgan fingerprint density at radius 1 is 1.33 bits per heavy atom. The lowest BCUT2D eigenvalue weighted by Gasteiger charge is -2.04. The van der Waals surface area contributed by atoms with E-state index in [1.54, 1.807) is 24.3 Å². The molecule has 0 atom stereocenters. The molecule has 21 heavy (non-hydrogen) atoms. The fourth-order valence-corrected chi connectivity index (χ4v) is 2.19. The minimum absolute atomic E-state index is 0.318.